The van der Waals surface area contributed by atoms with Crippen molar-refractivity contribution in [2.24, 2.45) is 5.73 Å². The van der Waals surface area contributed by atoms with Crippen LogP contribution in [0.25, 0.3) is 0 Å². The summed E-state index contributed by atoms with van der Waals surface area (Å²) in [7, 11) is 0. The number of aliphatic hydroxyl groups is 2. The molecule has 0 aromatic rings. The van der Waals surface area contributed by atoms with Gasteiger partial charge in [-0.3, -0.25) is 0 Å². The molecule has 48 valence electrons. The Bertz CT molecular complexity index is 76.5. The summed E-state index contributed by atoms with van der Waals surface area (Å²) in [4.78, 5) is 0. The lowest BCUT2D eigenvalue weighted by Crippen LogP contribution is -2.28. The van der Waals surface area contributed by atoms with E-state index >= 15 is 0 Å². The third kappa shape index (κ3) is 0.992. The highest BCUT2D eigenvalue weighted by Gasteiger charge is 2.28. The molecule has 4 N–H and O–H groups in total. The van der Waals surface area contributed by atoms with Crippen LogP contribution >= 0.6 is 0 Å². The Labute approximate surface area is 48.1 Å². The second kappa shape index (κ2) is 2.01. The molecular weight excluding hydrogens is 106 g/mol. The van der Waals surface area contributed by atoms with E-state index in [1.54, 1.807) is 0 Å². The van der Waals surface area contributed by atoms with Gasteiger partial charge in [0.1, 0.15) is 0 Å². The van der Waals surface area contributed by atoms with Gasteiger partial charge in [0.05, 0.1) is 12.2 Å². The summed E-state index contributed by atoms with van der Waals surface area (Å²) in [6, 6.07) is -0.204. The molecule has 0 aromatic heterocycles. The van der Waals surface area contributed by atoms with Crippen molar-refractivity contribution in [3.63, 3.8) is 0 Å². The van der Waals surface area contributed by atoms with Crippen molar-refractivity contribution in [2.75, 3.05) is 0 Å². The van der Waals surface area contributed by atoms with Crippen LogP contribution in [-0.4, -0.2) is 28.5 Å². The predicted octanol–water partition coefficient (Wildman–Crippen LogP) is -1.17. The fourth-order valence-electron chi connectivity index (χ4n) is 1.02. The van der Waals surface area contributed by atoms with Crippen LogP contribution in [0.1, 0.15) is 12.8 Å². The predicted molar refractivity (Wildman–Crippen MR) is 29.2 cm³/mol. The molecule has 0 aromatic carbocycles. The van der Waals surface area contributed by atoms with E-state index < -0.39 is 6.10 Å². The number of hydrogen-bond acceptors (Lipinski definition) is 3. The molecule has 0 bridgehead atoms. The summed E-state index contributed by atoms with van der Waals surface area (Å²) in [5, 5.41) is 17.7. The lowest BCUT2D eigenvalue weighted by Gasteiger charge is -2.04. The Hall–Kier alpha value is -0.120. The molecule has 3 heteroatoms. The van der Waals surface area contributed by atoms with E-state index in [1.807, 2.05) is 0 Å². The Balaban J connectivity index is 2.39. The molecule has 0 unspecified atom stereocenters. The lowest BCUT2D eigenvalue weighted by molar-refractivity contribution is 0.133. The summed E-state index contributed by atoms with van der Waals surface area (Å²) >= 11 is 0. The first-order valence-corrected chi connectivity index (χ1v) is 2.82. The van der Waals surface area contributed by atoms with Crippen molar-refractivity contribution in [1.82, 2.24) is 0 Å². The Morgan fingerprint density at radius 3 is 2.00 bits per heavy atom. The normalized spacial score (nSPS) is 47.6. The molecule has 0 radical (unpaired) electrons. The van der Waals surface area contributed by atoms with Gasteiger partial charge in [0.2, 0.25) is 0 Å². The first kappa shape index (κ1) is 6.01. The molecule has 8 heavy (non-hydrogen) atoms. The molecule has 1 fully saturated rings. The Kier molecular flexibility index (Phi) is 1.51. The van der Waals surface area contributed by atoms with Gasteiger partial charge in [0, 0.05) is 12.5 Å². The van der Waals surface area contributed by atoms with Crippen LogP contribution in [0.15, 0.2) is 0 Å². The first-order chi connectivity index (χ1) is 3.70. The molecule has 1 aliphatic carbocycles. The maximum absolute atomic E-state index is 8.88. The number of rotatable bonds is 0. The molecule has 0 aliphatic heterocycles. The minimum atomic E-state index is -0.481. The molecule has 1 saturated carbocycles. The van der Waals surface area contributed by atoms with Gasteiger partial charge >= 0.3 is 0 Å². The van der Waals surface area contributed by atoms with Crippen molar-refractivity contribution in [2.45, 2.75) is 31.1 Å². The zero-order valence-corrected chi connectivity index (χ0v) is 4.62. The molecule has 0 spiro atoms. The summed E-state index contributed by atoms with van der Waals surface area (Å²) in [5.74, 6) is 0. The average Bonchev–Trinajstić information content (AvgIpc) is 1.85. The summed E-state index contributed by atoms with van der Waals surface area (Å²) in [6.07, 6.45) is 0.132. The third-order valence-corrected chi connectivity index (χ3v) is 1.55. The van der Waals surface area contributed by atoms with E-state index in [0.717, 1.165) is 0 Å². The van der Waals surface area contributed by atoms with Crippen LogP contribution in [-0.2, 0) is 0 Å². The molecule has 3 atom stereocenters. The van der Waals surface area contributed by atoms with Crippen molar-refractivity contribution >= 4 is 0 Å². The zero-order chi connectivity index (χ0) is 6.15. The van der Waals surface area contributed by atoms with Crippen molar-refractivity contribution in [1.29, 1.82) is 0 Å². The van der Waals surface area contributed by atoms with Gasteiger partial charge in [-0.15, -0.1) is 0 Å². The van der Waals surface area contributed by atoms with Crippen LogP contribution in [0, 0.1) is 0 Å². The molecule has 0 saturated heterocycles. The highest BCUT2D eigenvalue weighted by molar-refractivity contribution is 4.85. The van der Waals surface area contributed by atoms with Crippen molar-refractivity contribution < 1.29 is 10.2 Å². The van der Waals surface area contributed by atoms with E-state index in [0.29, 0.717) is 12.8 Å². The van der Waals surface area contributed by atoms with E-state index in [1.165, 1.54) is 0 Å². The van der Waals surface area contributed by atoms with E-state index in [-0.39, 0.29) is 12.1 Å². The van der Waals surface area contributed by atoms with Crippen LogP contribution in [0.2, 0.25) is 0 Å². The van der Waals surface area contributed by atoms with Gasteiger partial charge in [-0.2, -0.15) is 0 Å². The SMILES string of the molecule is N[C@@H]1C[C@H](O)C[C@H]1O. The van der Waals surface area contributed by atoms with Gasteiger partial charge < -0.3 is 15.9 Å². The Morgan fingerprint density at radius 2 is 1.88 bits per heavy atom. The molecule has 1 aliphatic rings. The van der Waals surface area contributed by atoms with Gasteiger partial charge in [0.25, 0.3) is 0 Å². The zero-order valence-electron chi connectivity index (χ0n) is 4.62. The quantitative estimate of drug-likeness (QED) is 0.374. The maximum atomic E-state index is 8.88. The second-order valence-electron chi connectivity index (χ2n) is 2.36. The van der Waals surface area contributed by atoms with E-state index in [2.05, 4.69) is 0 Å². The van der Waals surface area contributed by atoms with Crippen LogP contribution in [0.4, 0.5) is 0 Å². The van der Waals surface area contributed by atoms with Gasteiger partial charge in [0.15, 0.2) is 0 Å². The van der Waals surface area contributed by atoms with Gasteiger partial charge in [-0.25, -0.2) is 0 Å². The van der Waals surface area contributed by atoms with Crippen molar-refractivity contribution in [3.8, 4) is 0 Å². The highest BCUT2D eigenvalue weighted by Crippen LogP contribution is 2.16. The average molecular weight is 117 g/mol. The number of hydrogen-bond donors (Lipinski definition) is 3. The van der Waals surface area contributed by atoms with E-state index in [9.17, 15) is 0 Å². The molecule has 0 amide bonds. The first-order valence-electron chi connectivity index (χ1n) is 2.82. The standard InChI is InChI=1S/C5H11NO2/c6-4-1-3(7)2-5(4)8/h3-5,7-8H,1-2,6H2/t3-,4+,5+/m0/s1. The van der Waals surface area contributed by atoms with E-state index in [4.69, 9.17) is 15.9 Å². The minimum absolute atomic E-state index is 0.204. The molecule has 1 rings (SSSR count). The molecule has 0 heterocycles. The summed E-state index contributed by atoms with van der Waals surface area (Å²) < 4.78 is 0. The second-order valence-corrected chi connectivity index (χ2v) is 2.36. The minimum Gasteiger partial charge on any atom is -0.393 e. The molecule has 3 nitrogen and oxygen atoms in total. The molecular formula is C5H11NO2. The largest absolute Gasteiger partial charge is 0.393 e. The maximum Gasteiger partial charge on any atom is 0.0716 e. The van der Waals surface area contributed by atoms with Crippen molar-refractivity contribution in [3.05, 3.63) is 0 Å². The van der Waals surface area contributed by atoms with Gasteiger partial charge in [-0.05, 0) is 6.42 Å². The van der Waals surface area contributed by atoms with Crippen LogP contribution < -0.4 is 5.73 Å². The topological polar surface area (TPSA) is 66.5 Å². The van der Waals surface area contributed by atoms with Crippen LogP contribution in [0.5, 0.6) is 0 Å². The number of nitrogens with two attached hydrogens (primary N) is 1. The van der Waals surface area contributed by atoms with Crippen LogP contribution in [0.3, 0.4) is 0 Å². The smallest absolute Gasteiger partial charge is 0.0716 e. The summed E-state index contributed by atoms with van der Waals surface area (Å²) in [6.45, 7) is 0. The number of aliphatic hydroxyl groups excluding tert-OH is 2. The third-order valence-electron chi connectivity index (χ3n) is 1.55. The van der Waals surface area contributed by atoms with Gasteiger partial charge in [-0.1, -0.05) is 0 Å². The Morgan fingerprint density at radius 1 is 1.25 bits per heavy atom. The summed E-state index contributed by atoms with van der Waals surface area (Å²) in [5.41, 5.74) is 5.36. The fourth-order valence-corrected chi connectivity index (χ4v) is 1.02. The lowest BCUT2D eigenvalue weighted by atomic mass is 10.2. The monoisotopic (exact) mass is 117 g/mol. The highest BCUT2D eigenvalue weighted by atomic mass is 16.3. The fraction of sp³-hybridized carbons (Fsp3) is 1.00.